The van der Waals surface area contributed by atoms with Crippen molar-refractivity contribution in [2.75, 3.05) is 6.54 Å². The SMILES string of the molecule is CCCCCCCC(C)CC[NH3+].F[B-](F)(F)F. The molecule has 0 rings (SSSR count). The predicted octanol–water partition coefficient (Wildman–Crippen LogP) is 3.92. The number of unbranched alkanes of at least 4 members (excludes halogenated alkanes) is 4. The van der Waals surface area contributed by atoms with E-state index in [0.29, 0.717) is 0 Å². The molecule has 1 nitrogen and oxygen atoms in total. The van der Waals surface area contributed by atoms with Crippen molar-refractivity contribution in [2.45, 2.75) is 58.8 Å². The molecule has 106 valence electrons. The van der Waals surface area contributed by atoms with Gasteiger partial charge in [0.15, 0.2) is 0 Å². The Morgan fingerprint density at radius 1 is 0.941 bits per heavy atom. The molecule has 0 saturated heterocycles. The molecular formula is C11H26BF4N. The molecule has 0 aromatic carbocycles. The molecule has 6 heteroatoms. The first-order valence-electron chi connectivity index (χ1n) is 6.47. The summed E-state index contributed by atoms with van der Waals surface area (Å²) in [5.41, 5.74) is 3.88. The maximum Gasteiger partial charge on any atom is 0.673 e. The summed E-state index contributed by atoms with van der Waals surface area (Å²) >= 11 is 0. The fraction of sp³-hybridized carbons (Fsp3) is 1.00. The number of halogens is 4. The molecule has 0 bridgehead atoms. The highest BCUT2D eigenvalue weighted by Crippen LogP contribution is 2.13. The van der Waals surface area contributed by atoms with Gasteiger partial charge in [-0.1, -0.05) is 52.4 Å². The minimum absolute atomic E-state index is 0.907. The van der Waals surface area contributed by atoms with Gasteiger partial charge in [0, 0.05) is 0 Å². The van der Waals surface area contributed by atoms with Crippen molar-refractivity contribution in [2.24, 2.45) is 5.92 Å². The first-order valence-corrected chi connectivity index (χ1v) is 6.47. The molecule has 0 amide bonds. The molecule has 0 heterocycles. The Kier molecular flexibility index (Phi) is 13.7. The van der Waals surface area contributed by atoms with Gasteiger partial charge in [-0.05, 0) is 12.3 Å². The minimum atomic E-state index is -6.00. The molecule has 0 aliphatic carbocycles. The summed E-state index contributed by atoms with van der Waals surface area (Å²) < 4.78 is 39.0. The summed E-state index contributed by atoms with van der Waals surface area (Å²) in [4.78, 5) is 0. The van der Waals surface area contributed by atoms with Crippen molar-refractivity contribution in [3.05, 3.63) is 0 Å². The van der Waals surface area contributed by atoms with Crippen LogP contribution in [0.3, 0.4) is 0 Å². The van der Waals surface area contributed by atoms with Crippen LogP contribution >= 0.6 is 0 Å². The average Bonchev–Trinajstić information content (AvgIpc) is 2.15. The van der Waals surface area contributed by atoms with Crippen LogP contribution in [0.1, 0.15) is 58.8 Å². The topological polar surface area (TPSA) is 27.6 Å². The number of hydrogen-bond donors (Lipinski definition) is 1. The molecule has 0 aromatic rings. The van der Waals surface area contributed by atoms with E-state index in [-0.39, 0.29) is 0 Å². The third-order valence-corrected chi connectivity index (χ3v) is 2.50. The second-order valence-electron chi connectivity index (χ2n) is 4.45. The lowest BCUT2D eigenvalue weighted by Gasteiger charge is -2.07. The van der Waals surface area contributed by atoms with Crippen LogP contribution in [0.15, 0.2) is 0 Å². The highest BCUT2D eigenvalue weighted by molar-refractivity contribution is 6.50. The van der Waals surface area contributed by atoms with Crippen molar-refractivity contribution < 1.29 is 23.0 Å². The Balaban J connectivity index is 0. The fourth-order valence-corrected chi connectivity index (χ4v) is 1.59. The number of rotatable bonds is 8. The summed E-state index contributed by atoms with van der Waals surface area (Å²) in [5.74, 6) is 0.907. The van der Waals surface area contributed by atoms with Crippen molar-refractivity contribution in [3.63, 3.8) is 0 Å². The summed E-state index contributed by atoms with van der Waals surface area (Å²) in [6, 6.07) is 0. The van der Waals surface area contributed by atoms with Crippen molar-refractivity contribution in [3.8, 4) is 0 Å². The highest BCUT2D eigenvalue weighted by Gasteiger charge is 2.20. The molecule has 0 spiro atoms. The molecule has 0 radical (unpaired) electrons. The van der Waals surface area contributed by atoms with Gasteiger partial charge < -0.3 is 23.0 Å². The van der Waals surface area contributed by atoms with Crippen LogP contribution in [0, 0.1) is 5.92 Å². The molecule has 0 aromatic heterocycles. The average molecular weight is 259 g/mol. The zero-order valence-electron chi connectivity index (χ0n) is 11.0. The molecule has 0 aliphatic heterocycles. The minimum Gasteiger partial charge on any atom is -0.418 e. The summed E-state index contributed by atoms with van der Waals surface area (Å²) in [6.07, 6.45) is 9.81. The van der Waals surface area contributed by atoms with E-state index < -0.39 is 7.25 Å². The van der Waals surface area contributed by atoms with E-state index in [0.717, 1.165) is 12.5 Å². The Morgan fingerprint density at radius 3 is 1.82 bits per heavy atom. The van der Waals surface area contributed by atoms with Gasteiger partial charge >= 0.3 is 7.25 Å². The lowest BCUT2D eigenvalue weighted by molar-refractivity contribution is -0.370. The molecular weight excluding hydrogens is 233 g/mol. The molecule has 1 atom stereocenters. The van der Waals surface area contributed by atoms with Crippen molar-refractivity contribution in [1.82, 2.24) is 0 Å². The third kappa shape index (κ3) is 31.3. The van der Waals surface area contributed by atoms with E-state index >= 15 is 0 Å². The zero-order valence-corrected chi connectivity index (χ0v) is 11.0. The summed E-state index contributed by atoms with van der Waals surface area (Å²) in [6.45, 7) is 5.73. The van der Waals surface area contributed by atoms with Crippen LogP contribution in [0.25, 0.3) is 0 Å². The molecule has 3 N–H and O–H groups in total. The maximum absolute atomic E-state index is 9.75. The van der Waals surface area contributed by atoms with Crippen LogP contribution in [-0.4, -0.2) is 13.8 Å². The second-order valence-corrected chi connectivity index (χ2v) is 4.45. The van der Waals surface area contributed by atoms with Crippen LogP contribution < -0.4 is 5.73 Å². The fourth-order valence-electron chi connectivity index (χ4n) is 1.59. The van der Waals surface area contributed by atoms with Crippen LogP contribution in [0.5, 0.6) is 0 Å². The van der Waals surface area contributed by atoms with Gasteiger partial charge in [0.25, 0.3) is 0 Å². The van der Waals surface area contributed by atoms with E-state index in [1.54, 1.807) is 0 Å². The first-order chi connectivity index (χ1) is 7.81. The van der Waals surface area contributed by atoms with E-state index in [1.807, 2.05) is 0 Å². The first kappa shape index (κ1) is 19.1. The number of hydrogen-bond acceptors (Lipinski definition) is 0. The van der Waals surface area contributed by atoms with E-state index in [2.05, 4.69) is 19.6 Å². The van der Waals surface area contributed by atoms with Crippen LogP contribution in [-0.2, 0) is 0 Å². The zero-order chi connectivity index (χ0) is 13.7. The van der Waals surface area contributed by atoms with Crippen molar-refractivity contribution >= 4 is 7.25 Å². The second kappa shape index (κ2) is 12.2. The summed E-state index contributed by atoms with van der Waals surface area (Å²) in [5, 5.41) is 0. The van der Waals surface area contributed by atoms with E-state index in [4.69, 9.17) is 0 Å². The predicted molar refractivity (Wildman–Crippen MR) is 65.1 cm³/mol. The van der Waals surface area contributed by atoms with Gasteiger partial charge in [0.1, 0.15) is 0 Å². The maximum atomic E-state index is 9.75. The Morgan fingerprint density at radius 2 is 1.41 bits per heavy atom. The molecule has 0 saturated carbocycles. The van der Waals surface area contributed by atoms with Gasteiger partial charge in [0.05, 0.1) is 6.54 Å². The van der Waals surface area contributed by atoms with E-state index in [1.165, 1.54) is 44.9 Å². The lowest BCUT2D eigenvalue weighted by Crippen LogP contribution is -2.50. The molecule has 17 heavy (non-hydrogen) atoms. The van der Waals surface area contributed by atoms with E-state index in [9.17, 15) is 17.3 Å². The van der Waals surface area contributed by atoms with Crippen LogP contribution in [0.4, 0.5) is 17.3 Å². The monoisotopic (exact) mass is 259 g/mol. The summed E-state index contributed by atoms with van der Waals surface area (Å²) in [7, 11) is -6.00. The smallest absolute Gasteiger partial charge is 0.418 e. The Hall–Kier alpha value is -0.255. The van der Waals surface area contributed by atoms with Crippen molar-refractivity contribution in [1.29, 1.82) is 0 Å². The Labute approximate surface area is 102 Å². The Bertz CT molecular complexity index is 147. The molecule has 0 fully saturated rings. The number of quaternary nitrogens is 1. The van der Waals surface area contributed by atoms with Gasteiger partial charge in [-0.15, -0.1) is 0 Å². The molecule has 1 unspecified atom stereocenters. The molecule has 0 aliphatic rings. The van der Waals surface area contributed by atoms with Gasteiger partial charge in [-0.2, -0.15) is 0 Å². The standard InChI is InChI=1S/C11H25N.BF4/c1-3-4-5-6-7-8-11(2)9-10-12;2-1(3,4)5/h11H,3-10,12H2,1-2H3;/q;-1/p+1. The van der Waals surface area contributed by atoms with Crippen LogP contribution in [0.2, 0.25) is 0 Å². The van der Waals surface area contributed by atoms with Gasteiger partial charge in [0.2, 0.25) is 0 Å². The lowest BCUT2D eigenvalue weighted by atomic mass is 9.99. The highest BCUT2D eigenvalue weighted by atomic mass is 19.5. The normalized spacial score (nSPS) is 12.9. The van der Waals surface area contributed by atoms with Gasteiger partial charge in [-0.25, -0.2) is 0 Å². The largest absolute Gasteiger partial charge is 0.673 e. The van der Waals surface area contributed by atoms with Gasteiger partial charge in [-0.3, -0.25) is 0 Å². The third-order valence-electron chi connectivity index (χ3n) is 2.50. The quantitative estimate of drug-likeness (QED) is 0.389.